The van der Waals surface area contributed by atoms with E-state index in [0.29, 0.717) is 34.8 Å². The Morgan fingerprint density at radius 3 is 2.46 bits per heavy atom. The maximum Gasteiger partial charge on any atom is 0.229 e. The summed E-state index contributed by atoms with van der Waals surface area (Å²) in [5, 5.41) is 8.35. The number of hydrogen-bond acceptors (Lipinski definition) is 8. The van der Waals surface area contributed by atoms with Crippen molar-refractivity contribution in [1.29, 1.82) is 0 Å². The smallest absolute Gasteiger partial charge is 0.229 e. The van der Waals surface area contributed by atoms with Gasteiger partial charge in [0.05, 0.1) is 11.7 Å². The lowest BCUT2D eigenvalue weighted by Gasteiger charge is -2.36. The molecule has 4 aromatic rings. The summed E-state index contributed by atoms with van der Waals surface area (Å²) in [6.45, 7) is 8.95. The molecule has 1 aliphatic heterocycles. The molecule has 37 heavy (non-hydrogen) atoms. The van der Waals surface area contributed by atoms with Crippen molar-refractivity contribution in [2.45, 2.75) is 39.4 Å². The van der Waals surface area contributed by atoms with Crippen LogP contribution in [0.1, 0.15) is 25.2 Å². The molecule has 0 saturated carbocycles. The highest BCUT2D eigenvalue weighted by atomic mass is 19.1. The first-order valence-corrected chi connectivity index (χ1v) is 12.3. The number of nitrogens with one attached hydrogen (secondary N) is 2. The maximum atomic E-state index is 14.9. The van der Waals surface area contributed by atoms with Crippen LogP contribution < -0.4 is 15.6 Å². The Balaban J connectivity index is 1.37. The number of fused-ring (bicyclic) bond motifs is 1. The molecule has 0 spiro atoms. The van der Waals surface area contributed by atoms with Gasteiger partial charge in [-0.1, -0.05) is 6.07 Å². The molecule has 0 bridgehead atoms. The molecule has 5 rings (SSSR count). The number of imidazole rings is 1. The van der Waals surface area contributed by atoms with E-state index >= 15 is 0 Å². The molecule has 1 aliphatic rings. The number of rotatable bonds is 6. The van der Waals surface area contributed by atoms with Crippen LogP contribution in [-0.4, -0.2) is 68.8 Å². The van der Waals surface area contributed by atoms with Gasteiger partial charge in [0.25, 0.3) is 0 Å². The van der Waals surface area contributed by atoms with Gasteiger partial charge >= 0.3 is 0 Å². The second-order valence-corrected chi connectivity index (χ2v) is 9.87. The third kappa shape index (κ3) is 5.23. The summed E-state index contributed by atoms with van der Waals surface area (Å²) in [5.74, 6) is 0.122. The predicted octanol–water partition coefficient (Wildman–Crippen LogP) is 3.60. The number of nitrogens with zero attached hydrogens (tertiary/aromatic N) is 7. The lowest BCUT2D eigenvalue weighted by molar-refractivity contribution is 0.166. The molecule has 9 nitrogen and oxygen atoms in total. The van der Waals surface area contributed by atoms with Gasteiger partial charge in [-0.25, -0.2) is 33.4 Å². The van der Waals surface area contributed by atoms with Crippen molar-refractivity contribution >= 4 is 22.8 Å². The molecular weight excluding hydrogens is 476 g/mol. The standard InChI is InChI=1S/C26H31F2N9/c1-15-12-36(13-16(2)31-15)14-18-6-7-23(29-10-18)33-26-30-11-21(28)24(34-26)19-8-20(27)25-22(9-19)37(35(4)5)17(3)32-25/h6-11,15-16,31H,12-14H2,1-5H3,(H,29,30,33,34). The van der Waals surface area contributed by atoms with Gasteiger partial charge in [-0.15, -0.1) is 0 Å². The number of aryl methyl sites for hydroxylation is 1. The number of anilines is 2. The summed E-state index contributed by atoms with van der Waals surface area (Å²) < 4.78 is 31.5. The summed E-state index contributed by atoms with van der Waals surface area (Å²) >= 11 is 0. The van der Waals surface area contributed by atoms with Crippen LogP contribution in [0, 0.1) is 18.6 Å². The molecule has 0 amide bonds. The van der Waals surface area contributed by atoms with Gasteiger partial charge in [0, 0.05) is 57.6 Å². The number of piperazine rings is 1. The molecule has 0 aliphatic carbocycles. The van der Waals surface area contributed by atoms with Crippen LogP contribution >= 0.6 is 0 Å². The van der Waals surface area contributed by atoms with Crippen molar-refractivity contribution in [3.63, 3.8) is 0 Å². The van der Waals surface area contributed by atoms with E-state index in [1.54, 1.807) is 22.7 Å². The van der Waals surface area contributed by atoms with Gasteiger partial charge in [0.1, 0.15) is 22.9 Å². The first-order valence-electron chi connectivity index (χ1n) is 12.3. The Bertz CT molecular complexity index is 1410. The van der Waals surface area contributed by atoms with E-state index in [1.165, 1.54) is 6.07 Å². The Kier molecular flexibility index (Phi) is 6.74. The molecule has 1 aromatic carbocycles. The molecule has 2 N–H and O–H groups in total. The van der Waals surface area contributed by atoms with E-state index < -0.39 is 11.6 Å². The Morgan fingerprint density at radius 2 is 1.78 bits per heavy atom. The maximum absolute atomic E-state index is 14.9. The van der Waals surface area contributed by atoms with Gasteiger partial charge in [-0.05, 0) is 44.5 Å². The fraction of sp³-hybridized carbons (Fsp3) is 0.385. The van der Waals surface area contributed by atoms with Crippen molar-refractivity contribution in [3.05, 3.63) is 59.7 Å². The number of halogens is 2. The monoisotopic (exact) mass is 507 g/mol. The normalized spacial score (nSPS) is 18.4. The molecule has 194 valence electrons. The minimum atomic E-state index is -0.653. The molecule has 0 radical (unpaired) electrons. The van der Waals surface area contributed by atoms with Gasteiger partial charge in [-0.2, -0.15) is 0 Å². The molecule has 11 heteroatoms. The molecule has 4 heterocycles. The fourth-order valence-electron chi connectivity index (χ4n) is 5.05. The number of aromatic nitrogens is 5. The summed E-state index contributed by atoms with van der Waals surface area (Å²) in [7, 11) is 3.66. The van der Waals surface area contributed by atoms with E-state index in [9.17, 15) is 8.78 Å². The SMILES string of the molecule is Cc1nc2c(F)cc(-c3nc(Nc4ccc(CN5CC(C)NC(C)C5)cn4)ncc3F)cc2n1N(C)C. The van der Waals surface area contributed by atoms with E-state index in [1.807, 2.05) is 32.4 Å². The van der Waals surface area contributed by atoms with Crippen LogP contribution in [-0.2, 0) is 6.54 Å². The summed E-state index contributed by atoms with van der Waals surface area (Å²) in [6, 6.07) is 7.67. The van der Waals surface area contributed by atoms with Crippen molar-refractivity contribution in [2.24, 2.45) is 0 Å². The van der Waals surface area contributed by atoms with Crippen molar-refractivity contribution in [2.75, 3.05) is 37.5 Å². The predicted molar refractivity (Wildman–Crippen MR) is 140 cm³/mol. The van der Waals surface area contributed by atoms with E-state index in [0.717, 1.165) is 31.4 Å². The zero-order valence-corrected chi connectivity index (χ0v) is 21.6. The van der Waals surface area contributed by atoms with Gasteiger partial charge in [-0.3, -0.25) is 4.90 Å². The number of hydrogen-bond donors (Lipinski definition) is 2. The van der Waals surface area contributed by atoms with Gasteiger partial charge < -0.3 is 15.6 Å². The molecule has 3 aromatic heterocycles. The van der Waals surface area contributed by atoms with E-state index in [2.05, 4.69) is 49.3 Å². The largest absolute Gasteiger partial charge is 0.317 e. The first kappa shape index (κ1) is 25.0. The highest BCUT2D eigenvalue weighted by molar-refractivity contribution is 5.83. The van der Waals surface area contributed by atoms with Crippen LogP contribution in [0.2, 0.25) is 0 Å². The van der Waals surface area contributed by atoms with Gasteiger partial charge in [0.2, 0.25) is 5.95 Å². The Hall–Kier alpha value is -3.70. The van der Waals surface area contributed by atoms with E-state index in [-0.39, 0.29) is 17.2 Å². The van der Waals surface area contributed by atoms with Crippen LogP contribution in [0.25, 0.3) is 22.3 Å². The number of benzene rings is 1. The fourth-order valence-corrected chi connectivity index (χ4v) is 5.05. The molecule has 1 saturated heterocycles. The highest BCUT2D eigenvalue weighted by Gasteiger charge is 2.21. The third-order valence-corrected chi connectivity index (χ3v) is 6.37. The Morgan fingerprint density at radius 1 is 1.03 bits per heavy atom. The average molecular weight is 508 g/mol. The zero-order chi connectivity index (χ0) is 26.3. The second-order valence-electron chi connectivity index (χ2n) is 9.87. The van der Waals surface area contributed by atoms with E-state index in [4.69, 9.17) is 0 Å². The summed E-state index contributed by atoms with van der Waals surface area (Å²) in [6.07, 6.45) is 2.89. The second kappa shape index (κ2) is 9.98. The number of pyridine rings is 1. The van der Waals surface area contributed by atoms with Crippen LogP contribution in [0.5, 0.6) is 0 Å². The topological polar surface area (TPSA) is 87.0 Å². The van der Waals surface area contributed by atoms with Gasteiger partial charge in [0.15, 0.2) is 11.6 Å². The third-order valence-electron chi connectivity index (χ3n) is 6.37. The average Bonchev–Trinajstić information content (AvgIpc) is 3.17. The highest BCUT2D eigenvalue weighted by Crippen LogP contribution is 2.29. The van der Waals surface area contributed by atoms with Crippen LogP contribution in [0.4, 0.5) is 20.5 Å². The minimum Gasteiger partial charge on any atom is -0.317 e. The molecule has 2 atom stereocenters. The molecular formula is C26H31F2N9. The van der Waals surface area contributed by atoms with Crippen LogP contribution in [0.15, 0.2) is 36.7 Å². The van der Waals surface area contributed by atoms with Crippen molar-refractivity contribution < 1.29 is 8.78 Å². The first-order chi connectivity index (χ1) is 17.7. The molecule has 1 fully saturated rings. The zero-order valence-electron chi connectivity index (χ0n) is 21.6. The molecule has 2 unspecified atom stereocenters. The lowest BCUT2D eigenvalue weighted by Crippen LogP contribution is -2.53. The van der Waals surface area contributed by atoms with Crippen LogP contribution in [0.3, 0.4) is 0 Å². The summed E-state index contributed by atoms with van der Waals surface area (Å²) in [5.41, 5.74) is 2.12. The minimum absolute atomic E-state index is 0.0129. The van der Waals surface area contributed by atoms with Crippen molar-refractivity contribution in [3.8, 4) is 11.3 Å². The summed E-state index contributed by atoms with van der Waals surface area (Å²) in [4.78, 5) is 19.6. The Labute approximate surface area is 214 Å². The quantitative estimate of drug-likeness (QED) is 0.410. The van der Waals surface area contributed by atoms with Crippen molar-refractivity contribution in [1.82, 2.24) is 34.8 Å². The lowest BCUT2D eigenvalue weighted by atomic mass is 10.1.